The average Bonchev–Trinajstić information content (AvgIpc) is 3.39. The van der Waals surface area contributed by atoms with E-state index in [1.165, 1.54) is 21.2 Å². The molecular weight excluding hydrogens is 626 g/mol. The number of amides is 3. The molecule has 1 aromatic heterocycles. The Balaban J connectivity index is 1.40. The minimum atomic E-state index is -0.763. The van der Waals surface area contributed by atoms with Gasteiger partial charge < -0.3 is 10.1 Å². The highest BCUT2D eigenvalue weighted by Gasteiger charge is 2.56. The van der Waals surface area contributed by atoms with Crippen LogP contribution in [0.3, 0.4) is 0 Å². The minimum absolute atomic E-state index is 0.210. The van der Waals surface area contributed by atoms with E-state index in [1.807, 2.05) is 49.4 Å². The van der Waals surface area contributed by atoms with Crippen LogP contribution in [0.15, 0.2) is 87.1 Å². The number of rotatable bonds is 6. The van der Waals surface area contributed by atoms with Crippen molar-refractivity contribution >= 4 is 68.1 Å². The lowest BCUT2D eigenvalue weighted by Gasteiger charge is -2.30. The number of anilines is 2. The Labute approximate surface area is 252 Å². The second-order valence-electron chi connectivity index (χ2n) is 9.85. The number of nitrogens with zero attached hydrogens (tertiary/aromatic N) is 2. The van der Waals surface area contributed by atoms with Crippen LogP contribution in [0.4, 0.5) is 11.4 Å². The third-order valence-electron chi connectivity index (χ3n) is 7.19. The zero-order chi connectivity index (χ0) is 28.8. The summed E-state index contributed by atoms with van der Waals surface area (Å²) in [6, 6.07) is 21.8. The van der Waals surface area contributed by atoms with Crippen molar-refractivity contribution in [3.63, 3.8) is 0 Å². The zero-order valence-corrected chi connectivity index (χ0v) is 25.2. The highest BCUT2D eigenvalue weighted by atomic mass is 79.9. The number of thiazole rings is 1. The van der Waals surface area contributed by atoms with Crippen molar-refractivity contribution in [2.75, 3.05) is 17.3 Å². The van der Waals surface area contributed by atoms with Crippen LogP contribution < -0.4 is 19.8 Å². The molecule has 8 nitrogen and oxygen atoms in total. The van der Waals surface area contributed by atoms with Gasteiger partial charge >= 0.3 is 4.87 Å². The highest BCUT2D eigenvalue weighted by molar-refractivity contribution is 9.10. The summed E-state index contributed by atoms with van der Waals surface area (Å²) in [6.45, 7) is 1.72. The topological polar surface area (TPSA) is 97.7 Å². The van der Waals surface area contributed by atoms with Gasteiger partial charge in [-0.05, 0) is 66.6 Å². The first-order valence-electron chi connectivity index (χ1n) is 12.8. The van der Waals surface area contributed by atoms with Crippen molar-refractivity contribution in [3.05, 3.63) is 103 Å². The number of hydrogen-bond acceptors (Lipinski definition) is 7. The summed E-state index contributed by atoms with van der Waals surface area (Å²) < 4.78 is 7.48. The Bertz CT molecular complexity index is 1750. The van der Waals surface area contributed by atoms with Gasteiger partial charge in [-0.3, -0.25) is 23.7 Å². The van der Waals surface area contributed by atoms with E-state index in [-0.39, 0.29) is 29.1 Å². The molecule has 41 heavy (non-hydrogen) atoms. The maximum Gasteiger partial charge on any atom is 0.308 e. The third kappa shape index (κ3) is 5.02. The summed E-state index contributed by atoms with van der Waals surface area (Å²) in [6.07, 6.45) is 0. The Morgan fingerprint density at radius 1 is 1.00 bits per heavy atom. The van der Waals surface area contributed by atoms with Gasteiger partial charge in [-0.15, -0.1) is 0 Å². The molecule has 0 aliphatic carbocycles. The summed E-state index contributed by atoms with van der Waals surface area (Å²) >= 11 is 5.74. The van der Waals surface area contributed by atoms with E-state index in [2.05, 4.69) is 21.2 Å². The van der Waals surface area contributed by atoms with Gasteiger partial charge in [-0.2, -0.15) is 0 Å². The fraction of sp³-hybridized carbons (Fsp3) is 0.200. The number of carbonyl (C=O) groups excluding carboxylic acids is 3. The molecule has 2 aliphatic heterocycles. The third-order valence-corrected chi connectivity index (χ3v) is 10.3. The van der Waals surface area contributed by atoms with Crippen molar-refractivity contribution in [2.24, 2.45) is 5.92 Å². The Morgan fingerprint density at radius 3 is 2.46 bits per heavy atom. The van der Waals surface area contributed by atoms with E-state index in [0.717, 1.165) is 26.9 Å². The number of nitrogens with one attached hydrogen (secondary N) is 1. The van der Waals surface area contributed by atoms with Crippen LogP contribution in [0, 0.1) is 12.8 Å². The normalized spacial score (nSPS) is 19.6. The van der Waals surface area contributed by atoms with Gasteiger partial charge in [0, 0.05) is 21.0 Å². The molecule has 0 radical (unpaired) electrons. The van der Waals surface area contributed by atoms with Crippen LogP contribution >= 0.6 is 39.0 Å². The smallest absolute Gasteiger partial charge is 0.308 e. The number of benzene rings is 3. The van der Waals surface area contributed by atoms with E-state index >= 15 is 0 Å². The van der Waals surface area contributed by atoms with Crippen molar-refractivity contribution in [3.8, 4) is 5.75 Å². The first kappa shape index (κ1) is 27.5. The van der Waals surface area contributed by atoms with Crippen LogP contribution in [-0.4, -0.2) is 34.6 Å². The van der Waals surface area contributed by atoms with E-state index in [4.69, 9.17) is 4.74 Å². The second-order valence-corrected chi connectivity index (χ2v) is 12.9. The Kier molecular flexibility index (Phi) is 7.35. The van der Waals surface area contributed by atoms with Gasteiger partial charge in [-0.1, -0.05) is 63.3 Å². The average molecular weight is 651 g/mol. The molecule has 3 amide bonds. The number of ether oxygens (including phenoxy) is 1. The molecule has 3 aromatic carbocycles. The molecule has 208 valence electrons. The van der Waals surface area contributed by atoms with Crippen molar-refractivity contribution in [2.45, 2.75) is 29.7 Å². The largest absolute Gasteiger partial charge is 0.497 e. The molecule has 1 N–H and O–H groups in total. The standard InChI is InChI=1S/C30H24BrN3O5S2/c1-16-5-3-8-19(13-16)32-22(35)15-33-29-26(41-30(33)38)23(17-6-4-7-18(31)14-17)24-25(40-29)28(37)34(27(24)36)20-9-11-21(39-2)12-10-20/h3-14,23-25H,15H2,1-2H3,(H,32,35)/t23-,24?,25?/m1/s1. The number of aryl methyl sites for hydroxylation is 1. The number of aromatic nitrogens is 1. The fourth-order valence-corrected chi connectivity index (χ4v) is 8.56. The Hall–Kier alpha value is -3.67. The van der Waals surface area contributed by atoms with Crippen LogP contribution in [0.2, 0.25) is 0 Å². The quantitative estimate of drug-likeness (QED) is 0.280. The molecule has 2 unspecified atom stereocenters. The number of hydrogen-bond donors (Lipinski definition) is 1. The zero-order valence-electron chi connectivity index (χ0n) is 22.0. The van der Waals surface area contributed by atoms with Crippen LogP contribution in [-0.2, 0) is 20.9 Å². The highest BCUT2D eigenvalue weighted by Crippen LogP contribution is 2.54. The van der Waals surface area contributed by atoms with Gasteiger partial charge in [0.15, 0.2) is 0 Å². The summed E-state index contributed by atoms with van der Waals surface area (Å²) in [5, 5.41) is 2.64. The summed E-state index contributed by atoms with van der Waals surface area (Å²) in [7, 11) is 1.55. The maximum atomic E-state index is 14.0. The minimum Gasteiger partial charge on any atom is -0.497 e. The Morgan fingerprint density at radius 2 is 1.76 bits per heavy atom. The van der Waals surface area contributed by atoms with Gasteiger partial charge in [0.05, 0.1) is 23.7 Å². The number of fused-ring (bicyclic) bond motifs is 2. The lowest BCUT2D eigenvalue weighted by molar-refractivity contribution is -0.122. The molecule has 3 heterocycles. The molecule has 2 aliphatic rings. The predicted octanol–water partition coefficient (Wildman–Crippen LogP) is 5.42. The molecule has 4 aromatic rings. The molecule has 0 bridgehead atoms. The summed E-state index contributed by atoms with van der Waals surface area (Å²) in [4.78, 5) is 55.8. The van der Waals surface area contributed by atoms with Crippen LogP contribution in [0.25, 0.3) is 0 Å². The van der Waals surface area contributed by atoms with Gasteiger partial charge in [-0.25, -0.2) is 4.90 Å². The fourth-order valence-electron chi connectivity index (χ4n) is 5.37. The van der Waals surface area contributed by atoms with Gasteiger partial charge in [0.2, 0.25) is 17.7 Å². The van der Waals surface area contributed by atoms with Crippen molar-refractivity contribution < 1.29 is 19.1 Å². The molecule has 1 saturated heterocycles. The first-order chi connectivity index (χ1) is 19.7. The van der Waals surface area contributed by atoms with Gasteiger partial charge in [0.1, 0.15) is 17.5 Å². The van der Waals surface area contributed by atoms with Crippen molar-refractivity contribution in [1.29, 1.82) is 0 Å². The molecule has 1 fully saturated rings. The molecule has 0 saturated carbocycles. The van der Waals surface area contributed by atoms with E-state index in [9.17, 15) is 19.2 Å². The first-order valence-corrected chi connectivity index (χ1v) is 15.3. The van der Waals surface area contributed by atoms with E-state index in [0.29, 0.717) is 27.0 Å². The van der Waals surface area contributed by atoms with Crippen LogP contribution in [0.1, 0.15) is 21.9 Å². The molecule has 3 atom stereocenters. The second kappa shape index (κ2) is 11.0. The molecule has 6 rings (SSSR count). The van der Waals surface area contributed by atoms with Gasteiger partial charge in [0.25, 0.3) is 0 Å². The lowest BCUT2D eigenvalue weighted by Crippen LogP contribution is -2.33. The molecule has 0 spiro atoms. The maximum absolute atomic E-state index is 14.0. The number of imide groups is 1. The summed E-state index contributed by atoms with van der Waals surface area (Å²) in [5.41, 5.74) is 2.91. The van der Waals surface area contributed by atoms with Crippen molar-refractivity contribution in [1.82, 2.24) is 4.57 Å². The van der Waals surface area contributed by atoms with E-state index < -0.39 is 17.1 Å². The number of thioether (sulfide) groups is 1. The van der Waals surface area contributed by atoms with E-state index in [1.54, 1.807) is 37.4 Å². The monoisotopic (exact) mass is 649 g/mol. The number of methoxy groups -OCH3 is 1. The number of carbonyl (C=O) groups is 3. The summed E-state index contributed by atoms with van der Waals surface area (Å²) in [5.74, 6) is -1.67. The molecular formula is C30H24BrN3O5S2. The molecule has 11 heteroatoms. The predicted molar refractivity (Wildman–Crippen MR) is 163 cm³/mol. The number of halogens is 1. The SMILES string of the molecule is COc1ccc(N2C(=O)C3Sc4c(sc(=O)n4CC(=O)Nc4cccc(C)c4)[C@H](c4cccc(Br)c4)C3C2=O)cc1. The lowest BCUT2D eigenvalue weighted by atomic mass is 9.83. The van der Waals surface area contributed by atoms with Crippen LogP contribution in [0.5, 0.6) is 5.75 Å².